The summed E-state index contributed by atoms with van der Waals surface area (Å²) in [6.07, 6.45) is 0.655. The van der Waals surface area contributed by atoms with Gasteiger partial charge in [0.15, 0.2) is 5.78 Å². The van der Waals surface area contributed by atoms with E-state index in [0.29, 0.717) is 6.42 Å². The standard InChI is InChI=1S/C71H46N2O/c74-71-59-29-13-10-24-52(59)60-41-46(32-36-53(60)64(71)40-45-18-4-1-5-19-45)47-33-37-58-63(42-47)70(49-35-39-68-62(44-49)55-26-15-17-31-66(55)73(68)51-22-8-3-9-23-51)57-28-12-11-27-56(57)69(58)48-34-38-67-61(43-48)54-25-14-16-30-65(54)72(67)50-20-6-2-7-21-50/h1-39,41-44,64H,40H2. The van der Waals surface area contributed by atoms with Gasteiger partial charge in [0.05, 0.1) is 28.0 Å². The second kappa shape index (κ2) is 16.8. The first-order valence-corrected chi connectivity index (χ1v) is 25.6. The van der Waals surface area contributed by atoms with Crippen LogP contribution in [0.5, 0.6) is 0 Å². The van der Waals surface area contributed by atoms with E-state index in [1.807, 2.05) is 18.2 Å². The van der Waals surface area contributed by atoms with Gasteiger partial charge in [0.2, 0.25) is 0 Å². The monoisotopic (exact) mass is 942 g/mol. The van der Waals surface area contributed by atoms with Crippen molar-refractivity contribution in [3.63, 3.8) is 0 Å². The molecule has 1 aliphatic rings. The van der Waals surface area contributed by atoms with Gasteiger partial charge < -0.3 is 9.13 Å². The lowest BCUT2D eigenvalue weighted by Crippen LogP contribution is -2.21. The van der Waals surface area contributed by atoms with Gasteiger partial charge >= 0.3 is 0 Å². The van der Waals surface area contributed by atoms with Gasteiger partial charge in [0.1, 0.15) is 0 Å². The van der Waals surface area contributed by atoms with Crippen molar-refractivity contribution >= 4 is 70.9 Å². The number of ketones is 1. The number of fused-ring (bicyclic) bond motifs is 11. The average Bonchev–Trinajstić information content (AvgIpc) is 3.98. The summed E-state index contributed by atoms with van der Waals surface area (Å²) in [5.74, 6) is -0.0820. The molecule has 3 nitrogen and oxygen atoms in total. The first kappa shape index (κ1) is 42.1. The molecule has 0 fully saturated rings. The van der Waals surface area contributed by atoms with E-state index in [2.05, 4.69) is 252 Å². The molecule has 2 heterocycles. The highest BCUT2D eigenvalue weighted by Crippen LogP contribution is 2.49. The molecule has 0 aliphatic heterocycles. The number of Topliss-reactive ketones (excluding diaryl/α,β-unsaturated/α-hetero) is 1. The molecule has 0 bridgehead atoms. The average molecular weight is 943 g/mol. The summed E-state index contributed by atoms with van der Waals surface area (Å²) < 4.78 is 4.78. The maximum atomic E-state index is 14.3. The zero-order chi connectivity index (χ0) is 48.9. The first-order valence-electron chi connectivity index (χ1n) is 25.6. The molecule has 0 radical (unpaired) electrons. The highest BCUT2D eigenvalue weighted by Gasteiger charge is 2.32. The van der Waals surface area contributed by atoms with E-state index in [-0.39, 0.29) is 11.7 Å². The fourth-order valence-electron chi connectivity index (χ4n) is 12.5. The molecule has 0 saturated heterocycles. The molecule has 1 atom stereocenters. The van der Waals surface area contributed by atoms with Crippen molar-refractivity contribution in [2.24, 2.45) is 0 Å². The lowest BCUT2D eigenvalue weighted by molar-refractivity contribution is 0.0957. The van der Waals surface area contributed by atoms with Gasteiger partial charge in [-0.2, -0.15) is 0 Å². The maximum Gasteiger partial charge on any atom is 0.171 e. The van der Waals surface area contributed by atoms with E-state index < -0.39 is 0 Å². The van der Waals surface area contributed by atoms with Gasteiger partial charge in [-0.15, -0.1) is 0 Å². The van der Waals surface area contributed by atoms with Crippen molar-refractivity contribution in [1.82, 2.24) is 9.13 Å². The van der Waals surface area contributed by atoms with Crippen LogP contribution in [0.25, 0.3) is 121 Å². The predicted molar refractivity (Wildman–Crippen MR) is 309 cm³/mol. The Balaban J connectivity index is 0.988. The second-order valence-electron chi connectivity index (χ2n) is 19.9. The Hall–Kier alpha value is -9.57. The molecule has 2 aromatic heterocycles. The number of para-hydroxylation sites is 4. The SMILES string of the molecule is O=C1c2ccccc2-c2cc(-c3ccc4c(-c5ccc6c(c5)c5ccccc5n6-c5ccccc5)c5ccccc5c(-c5ccc6c(c5)c5ccccc5n6-c5ccccc5)c4c3)ccc2C1Cc1ccccc1. The first-order chi connectivity index (χ1) is 36.6. The normalized spacial score (nSPS) is 13.4. The third-order valence-electron chi connectivity index (χ3n) is 15.8. The van der Waals surface area contributed by atoms with Crippen molar-refractivity contribution in [2.75, 3.05) is 0 Å². The van der Waals surface area contributed by atoms with E-state index in [9.17, 15) is 4.79 Å². The largest absolute Gasteiger partial charge is 0.309 e. The molecule has 0 amide bonds. The minimum atomic E-state index is -0.268. The summed E-state index contributed by atoms with van der Waals surface area (Å²) in [5.41, 5.74) is 19.2. The van der Waals surface area contributed by atoms with Crippen LogP contribution in [0, 0.1) is 0 Å². The topological polar surface area (TPSA) is 26.9 Å². The summed E-state index contributed by atoms with van der Waals surface area (Å²) in [7, 11) is 0. The van der Waals surface area contributed by atoms with Crippen LogP contribution in [0.15, 0.2) is 261 Å². The Morgan fingerprint density at radius 2 is 0.716 bits per heavy atom. The highest BCUT2D eigenvalue weighted by atomic mass is 16.1. The van der Waals surface area contributed by atoms with E-state index in [0.717, 1.165) is 50.3 Å². The Labute approximate surface area is 428 Å². The highest BCUT2D eigenvalue weighted by molar-refractivity contribution is 6.24. The number of hydrogen-bond acceptors (Lipinski definition) is 1. The van der Waals surface area contributed by atoms with Crippen LogP contribution in [0.2, 0.25) is 0 Å². The molecule has 3 heteroatoms. The van der Waals surface area contributed by atoms with Crippen molar-refractivity contribution < 1.29 is 4.79 Å². The van der Waals surface area contributed by atoms with E-state index in [1.165, 1.54) is 87.4 Å². The van der Waals surface area contributed by atoms with Gasteiger partial charge in [-0.1, -0.05) is 188 Å². The Morgan fingerprint density at radius 1 is 0.297 bits per heavy atom. The van der Waals surface area contributed by atoms with Gasteiger partial charge in [-0.05, 0) is 156 Å². The molecule has 14 aromatic rings. The van der Waals surface area contributed by atoms with Gasteiger partial charge in [-0.3, -0.25) is 4.79 Å². The van der Waals surface area contributed by atoms with Crippen LogP contribution in [0.3, 0.4) is 0 Å². The zero-order valence-corrected chi connectivity index (χ0v) is 40.4. The fourth-order valence-corrected chi connectivity index (χ4v) is 12.5. The lowest BCUT2D eigenvalue weighted by atomic mass is 9.74. The van der Waals surface area contributed by atoms with E-state index in [4.69, 9.17) is 0 Å². The molecular weight excluding hydrogens is 897 g/mol. The van der Waals surface area contributed by atoms with Gasteiger partial charge in [0, 0.05) is 38.5 Å². The molecule has 12 aromatic carbocycles. The summed E-state index contributed by atoms with van der Waals surface area (Å²) in [6, 6.07) is 94.6. The van der Waals surface area contributed by atoms with Gasteiger partial charge in [-0.25, -0.2) is 0 Å². The van der Waals surface area contributed by atoms with Crippen molar-refractivity contribution in [3.05, 3.63) is 278 Å². The molecule has 1 unspecified atom stereocenters. The molecule has 15 rings (SSSR count). The smallest absolute Gasteiger partial charge is 0.171 e. The number of carbonyl (C=O) groups is 1. The van der Waals surface area contributed by atoms with Crippen LogP contribution in [-0.4, -0.2) is 14.9 Å². The molecule has 74 heavy (non-hydrogen) atoms. The van der Waals surface area contributed by atoms with Crippen LogP contribution >= 0.6 is 0 Å². The fraction of sp³-hybridized carbons (Fsp3) is 0.0282. The van der Waals surface area contributed by atoms with Crippen LogP contribution in [0.4, 0.5) is 0 Å². The summed E-state index contributed by atoms with van der Waals surface area (Å²) in [6.45, 7) is 0. The minimum absolute atomic E-state index is 0.186. The number of carbonyl (C=O) groups excluding carboxylic acids is 1. The van der Waals surface area contributed by atoms with Crippen molar-refractivity contribution in [1.29, 1.82) is 0 Å². The number of rotatable bonds is 7. The molecular formula is C71H46N2O. The Kier molecular flexibility index (Phi) is 9.55. The van der Waals surface area contributed by atoms with Crippen LogP contribution in [-0.2, 0) is 6.42 Å². The number of nitrogens with zero attached hydrogens (tertiary/aromatic N) is 2. The Bertz CT molecular complexity index is 4580. The summed E-state index contributed by atoms with van der Waals surface area (Å²) in [4.78, 5) is 14.3. The lowest BCUT2D eigenvalue weighted by Gasteiger charge is -2.27. The second-order valence-corrected chi connectivity index (χ2v) is 19.9. The number of benzene rings is 12. The minimum Gasteiger partial charge on any atom is -0.309 e. The summed E-state index contributed by atoms with van der Waals surface area (Å²) >= 11 is 0. The molecule has 346 valence electrons. The Morgan fingerprint density at radius 3 is 1.31 bits per heavy atom. The number of hydrogen-bond donors (Lipinski definition) is 0. The van der Waals surface area contributed by atoms with Crippen molar-refractivity contribution in [3.8, 4) is 55.9 Å². The zero-order valence-electron chi connectivity index (χ0n) is 40.4. The molecule has 0 saturated carbocycles. The third kappa shape index (κ3) is 6.50. The number of aromatic nitrogens is 2. The van der Waals surface area contributed by atoms with E-state index >= 15 is 0 Å². The van der Waals surface area contributed by atoms with Gasteiger partial charge in [0.25, 0.3) is 0 Å². The molecule has 1 aliphatic carbocycles. The third-order valence-corrected chi connectivity index (χ3v) is 15.8. The van der Waals surface area contributed by atoms with Crippen molar-refractivity contribution in [2.45, 2.75) is 12.3 Å². The summed E-state index contributed by atoms with van der Waals surface area (Å²) in [5, 5.41) is 9.67. The quantitative estimate of drug-likeness (QED) is 0.146. The molecule has 0 N–H and O–H groups in total. The maximum absolute atomic E-state index is 14.3. The van der Waals surface area contributed by atoms with Crippen LogP contribution in [0.1, 0.15) is 27.4 Å². The van der Waals surface area contributed by atoms with Crippen LogP contribution < -0.4 is 0 Å². The van der Waals surface area contributed by atoms with E-state index in [1.54, 1.807) is 0 Å². The predicted octanol–water partition coefficient (Wildman–Crippen LogP) is 18.4. The molecule has 0 spiro atoms.